The van der Waals surface area contributed by atoms with Crippen LogP contribution in [0.3, 0.4) is 0 Å². The molecule has 0 spiro atoms. The molecule has 114 valence electrons. The van der Waals surface area contributed by atoms with E-state index in [0.717, 1.165) is 12.1 Å². The summed E-state index contributed by atoms with van der Waals surface area (Å²) in [5.74, 6) is -0.232. The fourth-order valence-corrected chi connectivity index (χ4v) is 1.70. The Labute approximate surface area is 130 Å². The van der Waals surface area contributed by atoms with Crippen molar-refractivity contribution < 1.29 is 4.79 Å². The first-order valence-corrected chi connectivity index (χ1v) is 6.59. The lowest BCUT2D eigenvalue weighted by Crippen LogP contribution is -2.29. The Morgan fingerprint density at radius 1 is 1.38 bits per heavy atom. The van der Waals surface area contributed by atoms with E-state index in [0.29, 0.717) is 12.2 Å². The van der Waals surface area contributed by atoms with Crippen LogP contribution in [-0.4, -0.2) is 33.5 Å². The molecule has 7 heteroatoms. The zero-order chi connectivity index (χ0) is 14.5. The van der Waals surface area contributed by atoms with E-state index in [9.17, 15) is 4.79 Å². The molecule has 0 aliphatic rings. The van der Waals surface area contributed by atoms with E-state index in [1.54, 1.807) is 10.9 Å². The summed E-state index contributed by atoms with van der Waals surface area (Å²) in [7, 11) is 0. The maximum Gasteiger partial charge on any atom is 0.273 e. The van der Waals surface area contributed by atoms with Gasteiger partial charge in [0.25, 0.3) is 5.91 Å². The number of carbonyl (C=O) groups excluding carboxylic acids is 1. The van der Waals surface area contributed by atoms with Crippen molar-refractivity contribution in [2.45, 2.75) is 26.3 Å². The highest BCUT2D eigenvalue weighted by molar-refractivity contribution is 5.91. The minimum Gasteiger partial charge on any atom is -0.351 e. The van der Waals surface area contributed by atoms with Crippen LogP contribution in [0.15, 0.2) is 30.5 Å². The molecule has 0 saturated carbocycles. The van der Waals surface area contributed by atoms with Crippen molar-refractivity contribution in [2.24, 2.45) is 5.73 Å². The van der Waals surface area contributed by atoms with E-state index in [2.05, 4.69) is 15.6 Å². The van der Waals surface area contributed by atoms with E-state index in [-0.39, 0.29) is 24.4 Å². The van der Waals surface area contributed by atoms with Crippen LogP contribution >= 0.6 is 12.4 Å². The molecule has 2 rings (SSSR count). The topological polar surface area (TPSA) is 85.8 Å². The predicted molar refractivity (Wildman–Crippen MR) is 83.9 cm³/mol. The van der Waals surface area contributed by atoms with Crippen molar-refractivity contribution in [2.75, 3.05) is 6.54 Å². The molecule has 0 saturated heterocycles. The number of hydrogen-bond donors (Lipinski definition) is 2. The molecular formula is C14H20ClN5O. The average molecular weight is 310 g/mol. The Kier molecular flexibility index (Phi) is 6.33. The van der Waals surface area contributed by atoms with Crippen LogP contribution in [-0.2, 0) is 0 Å². The zero-order valence-corrected chi connectivity index (χ0v) is 12.9. The molecule has 3 N–H and O–H groups in total. The monoisotopic (exact) mass is 309 g/mol. The molecule has 0 radical (unpaired) electrons. The minimum absolute atomic E-state index is 0. The summed E-state index contributed by atoms with van der Waals surface area (Å²) in [6.45, 7) is 4.45. The summed E-state index contributed by atoms with van der Waals surface area (Å²) >= 11 is 0. The Morgan fingerprint density at radius 2 is 2.05 bits per heavy atom. The molecule has 0 aliphatic carbocycles. The number of hydrogen-bond acceptors (Lipinski definition) is 4. The van der Waals surface area contributed by atoms with Crippen molar-refractivity contribution >= 4 is 18.3 Å². The molecule has 0 bridgehead atoms. The summed E-state index contributed by atoms with van der Waals surface area (Å²) in [6.07, 6.45) is 2.35. The largest absolute Gasteiger partial charge is 0.351 e. The third-order valence-corrected chi connectivity index (χ3v) is 2.91. The van der Waals surface area contributed by atoms with Crippen LogP contribution in [0.2, 0.25) is 0 Å². The SMILES string of the molecule is Cc1ccc(-n2cc(C(=O)NCCC(C)N)nn2)cc1.Cl. The fraction of sp³-hybridized carbons (Fsp3) is 0.357. The van der Waals surface area contributed by atoms with Crippen LogP contribution in [0, 0.1) is 6.92 Å². The highest BCUT2D eigenvalue weighted by atomic mass is 35.5. The normalized spacial score (nSPS) is 11.6. The Bertz CT molecular complexity index is 579. The van der Waals surface area contributed by atoms with Gasteiger partial charge in [0.15, 0.2) is 5.69 Å². The van der Waals surface area contributed by atoms with Crippen LogP contribution < -0.4 is 11.1 Å². The van der Waals surface area contributed by atoms with Crippen molar-refractivity contribution in [3.8, 4) is 5.69 Å². The van der Waals surface area contributed by atoms with E-state index >= 15 is 0 Å². The quantitative estimate of drug-likeness (QED) is 0.875. The second kappa shape index (κ2) is 7.75. The summed E-state index contributed by atoms with van der Waals surface area (Å²) in [5, 5.41) is 10.6. The number of benzene rings is 1. The number of nitrogens with zero attached hydrogens (tertiary/aromatic N) is 3. The first-order chi connectivity index (χ1) is 9.56. The third kappa shape index (κ3) is 4.84. The molecule has 1 aromatic heterocycles. The summed E-state index contributed by atoms with van der Waals surface area (Å²) in [5.41, 5.74) is 7.97. The number of aryl methyl sites for hydroxylation is 1. The van der Waals surface area contributed by atoms with Gasteiger partial charge in [0.05, 0.1) is 11.9 Å². The van der Waals surface area contributed by atoms with Crippen LogP contribution in [0.1, 0.15) is 29.4 Å². The maximum absolute atomic E-state index is 11.9. The van der Waals surface area contributed by atoms with Gasteiger partial charge in [-0.1, -0.05) is 22.9 Å². The van der Waals surface area contributed by atoms with Gasteiger partial charge >= 0.3 is 0 Å². The second-order valence-electron chi connectivity index (χ2n) is 4.91. The fourth-order valence-electron chi connectivity index (χ4n) is 1.70. The minimum atomic E-state index is -0.232. The lowest BCUT2D eigenvalue weighted by molar-refractivity contribution is 0.0947. The molecule has 1 unspecified atom stereocenters. The molecule has 0 fully saturated rings. The van der Waals surface area contributed by atoms with E-state index < -0.39 is 0 Å². The Balaban J connectivity index is 0.00000220. The highest BCUT2D eigenvalue weighted by Gasteiger charge is 2.11. The van der Waals surface area contributed by atoms with Gasteiger partial charge in [0.1, 0.15) is 0 Å². The summed E-state index contributed by atoms with van der Waals surface area (Å²) < 4.78 is 1.58. The molecule has 1 atom stereocenters. The lowest BCUT2D eigenvalue weighted by Gasteiger charge is -2.05. The molecule has 1 aromatic carbocycles. The number of nitrogens with two attached hydrogens (primary N) is 1. The summed E-state index contributed by atoms with van der Waals surface area (Å²) in [6, 6.07) is 7.90. The zero-order valence-electron chi connectivity index (χ0n) is 12.1. The van der Waals surface area contributed by atoms with E-state index in [1.807, 2.05) is 38.1 Å². The second-order valence-corrected chi connectivity index (χ2v) is 4.91. The van der Waals surface area contributed by atoms with Crippen LogP contribution in [0.4, 0.5) is 0 Å². The number of aromatic nitrogens is 3. The van der Waals surface area contributed by atoms with Gasteiger partial charge in [0.2, 0.25) is 0 Å². The standard InChI is InChI=1S/C14H19N5O.ClH/c1-10-3-5-12(6-4-10)19-9-13(17-18-19)14(20)16-8-7-11(2)15;/h3-6,9,11H,7-8,15H2,1-2H3,(H,16,20);1H. The first-order valence-electron chi connectivity index (χ1n) is 6.59. The number of rotatable bonds is 5. The van der Waals surface area contributed by atoms with Crippen LogP contribution in [0.5, 0.6) is 0 Å². The molecular weight excluding hydrogens is 290 g/mol. The first kappa shape index (κ1) is 17.1. The highest BCUT2D eigenvalue weighted by Crippen LogP contribution is 2.08. The summed E-state index contributed by atoms with van der Waals surface area (Å²) in [4.78, 5) is 11.9. The number of halogens is 1. The Morgan fingerprint density at radius 3 is 2.67 bits per heavy atom. The number of amides is 1. The van der Waals surface area contributed by atoms with Crippen LogP contribution in [0.25, 0.3) is 5.69 Å². The van der Waals surface area contributed by atoms with Gasteiger partial charge in [-0.25, -0.2) is 4.68 Å². The van der Waals surface area contributed by atoms with Gasteiger partial charge in [-0.3, -0.25) is 4.79 Å². The van der Waals surface area contributed by atoms with Crippen molar-refractivity contribution in [1.82, 2.24) is 20.3 Å². The lowest BCUT2D eigenvalue weighted by atomic mass is 10.2. The number of carbonyl (C=O) groups is 1. The van der Waals surface area contributed by atoms with E-state index in [1.165, 1.54) is 5.56 Å². The van der Waals surface area contributed by atoms with Crippen molar-refractivity contribution in [3.05, 3.63) is 41.7 Å². The smallest absolute Gasteiger partial charge is 0.273 e. The van der Waals surface area contributed by atoms with Gasteiger partial charge in [-0.05, 0) is 32.4 Å². The molecule has 1 amide bonds. The maximum atomic E-state index is 11.9. The van der Waals surface area contributed by atoms with Gasteiger partial charge < -0.3 is 11.1 Å². The van der Waals surface area contributed by atoms with Crippen molar-refractivity contribution in [3.63, 3.8) is 0 Å². The van der Waals surface area contributed by atoms with Gasteiger partial charge in [-0.2, -0.15) is 0 Å². The molecule has 21 heavy (non-hydrogen) atoms. The molecule has 0 aliphatic heterocycles. The molecule has 1 heterocycles. The number of nitrogens with one attached hydrogen (secondary N) is 1. The average Bonchev–Trinajstić information content (AvgIpc) is 2.88. The third-order valence-electron chi connectivity index (χ3n) is 2.91. The van der Waals surface area contributed by atoms with Gasteiger partial charge in [-0.15, -0.1) is 17.5 Å². The predicted octanol–water partition coefficient (Wildman–Crippen LogP) is 1.46. The molecule has 2 aromatic rings. The molecule has 6 nitrogen and oxygen atoms in total. The van der Waals surface area contributed by atoms with Gasteiger partial charge in [0, 0.05) is 12.6 Å². The Hall–Kier alpha value is -1.92. The van der Waals surface area contributed by atoms with Crippen molar-refractivity contribution in [1.29, 1.82) is 0 Å². The van der Waals surface area contributed by atoms with E-state index in [4.69, 9.17) is 5.73 Å².